The molecule has 0 aromatic heterocycles. The van der Waals surface area contributed by atoms with E-state index < -0.39 is 0 Å². The third-order valence-electron chi connectivity index (χ3n) is 2.96. The Labute approximate surface area is 101 Å². The molecule has 5 heteroatoms. The van der Waals surface area contributed by atoms with Crippen molar-refractivity contribution in [2.75, 3.05) is 13.2 Å². The molecule has 0 aliphatic carbocycles. The van der Waals surface area contributed by atoms with Crippen molar-refractivity contribution in [3.63, 3.8) is 0 Å². The summed E-state index contributed by atoms with van der Waals surface area (Å²) in [5, 5.41) is 0. The van der Waals surface area contributed by atoms with Crippen LogP contribution in [0.4, 0.5) is 0 Å². The number of likely N-dealkylation sites (tertiary alicyclic amines) is 1. The van der Waals surface area contributed by atoms with Gasteiger partial charge in [-0.25, -0.2) is 0 Å². The Bertz CT molecular complexity index is 326. The summed E-state index contributed by atoms with van der Waals surface area (Å²) in [6, 6.07) is 0. The van der Waals surface area contributed by atoms with E-state index in [4.69, 9.17) is 4.74 Å². The van der Waals surface area contributed by atoms with Crippen LogP contribution in [0.3, 0.4) is 0 Å². The number of rotatable bonds is 5. The maximum absolute atomic E-state index is 11.7. The Morgan fingerprint density at radius 3 is 2.65 bits per heavy atom. The second-order valence-corrected chi connectivity index (χ2v) is 4.48. The molecule has 1 aliphatic heterocycles. The van der Waals surface area contributed by atoms with Gasteiger partial charge in [0, 0.05) is 25.8 Å². The number of amides is 2. The van der Waals surface area contributed by atoms with E-state index in [1.54, 1.807) is 0 Å². The molecule has 96 valence electrons. The normalized spacial score (nSPS) is 20.8. The van der Waals surface area contributed by atoms with E-state index in [9.17, 15) is 14.4 Å². The highest BCUT2D eigenvalue weighted by molar-refractivity contribution is 6.01. The minimum atomic E-state index is -0.345. The van der Waals surface area contributed by atoms with E-state index in [1.807, 2.05) is 13.8 Å². The van der Waals surface area contributed by atoms with E-state index in [0.717, 1.165) is 6.42 Å². The average molecular weight is 241 g/mol. The molecule has 0 saturated carbocycles. The zero-order chi connectivity index (χ0) is 13.0. The van der Waals surface area contributed by atoms with Crippen molar-refractivity contribution in [1.82, 2.24) is 4.90 Å². The lowest BCUT2D eigenvalue weighted by atomic mass is 9.86. The van der Waals surface area contributed by atoms with Crippen LogP contribution in [0.15, 0.2) is 0 Å². The molecule has 0 unspecified atom stereocenters. The van der Waals surface area contributed by atoms with Crippen molar-refractivity contribution in [3.8, 4) is 0 Å². The highest BCUT2D eigenvalue weighted by Crippen LogP contribution is 2.26. The lowest BCUT2D eigenvalue weighted by Gasteiger charge is -2.39. The van der Waals surface area contributed by atoms with Crippen molar-refractivity contribution in [1.29, 1.82) is 0 Å². The monoisotopic (exact) mass is 241 g/mol. The van der Waals surface area contributed by atoms with Gasteiger partial charge in [-0.15, -0.1) is 0 Å². The SMILES string of the molecule is CCCC(=O)N1C[C@H]([C@@H](C)COC(C)=O)C1=O. The van der Waals surface area contributed by atoms with Gasteiger partial charge in [-0.3, -0.25) is 19.3 Å². The van der Waals surface area contributed by atoms with Gasteiger partial charge >= 0.3 is 5.97 Å². The van der Waals surface area contributed by atoms with Gasteiger partial charge in [0.15, 0.2) is 0 Å². The van der Waals surface area contributed by atoms with Crippen LogP contribution < -0.4 is 0 Å². The van der Waals surface area contributed by atoms with Gasteiger partial charge in [0.25, 0.3) is 0 Å². The highest BCUT2D eigenvalue weighted by atomic mass is 16.5. The fourth-order valence-electron chi connectivity index (χ4n) is 1.81. The van der Waals surface area contributed by atoms with E-state index in [0.29, 0.717) is 13.0 Å². The molecule has 0 aromatic rings. The van der Waals surface area contributed by atoms with Crippen molar-refractivity contribution in [2.24, 2.45) is 11.8 Å². The van der Waals surface area contributed by atoms with Gasteiger partial charge in [0.2, 0.25) is 11.8 Å². The maximum atomic E-state index is 11.7. The van der Waals surface area contributed by atoms with E-state index >= 15 is 0 Å². The average Bonchev–Trinajstić information content (AvgIpc) is 2.24. The predicted octanol–water partition coefficient (Wildman–Crippen LogP) is 0.971. The maximum Gasteiger partial charge on any atom is 0.302 e. The lowest BCUT2D eigenvalue weighted by molar-refractivity contribution is -0.163. The quantitative estimate of drug-likeness (QED) is 0.531. The first-order chi connectivity index (χ1) is 7.97. The third kappa shape index (κ3) is 3.28. The fraction of sp³-hybridized carbons (Fsp3) is 0.750. The number of β-lactam (4-membered cyclic amide) rings is 1. The summed E-state index contributed by atoms with van der Waals surface area (Å²) in [6.45, 7) is 5.80. The first-order valence-corrected chi connectivity index (χ1v) is 5.95. The molecule has 0 aromatic carbocycles. The van der Waals surface area contributed by atoms with Gasteiger partial charge in [0.05, 0.1) is 12.5 Å². The molecule has 1 rings (SSSR count). The summed E-state index contributed by atoms with van der Waals surface area (Å²) >= 11 is 0. The minimum absolute atomic E-state index is 0.0305. The third-order valence-corrected chi connectivity index (χ3v) is 2.96. The molecule has 1 fully saturated rings. The van der Waals surface area contributed by atoms with Gasteiger partial charge in [-0.1, -0.05) is 13.8 Å². The number of nitrogens with zero attached hydrogens (tertiary/aromatic N) is 1. The van der Waals surface area contributed by atoms with E-state index in [2.05, 4.69) is 0 Å². The van der Waals surface area contributed by atoms with Gasteiger partial charge < -0.3 is 4.74 Å². The second kappa shape index (κ2) is 5.80. The molecule has 0 spiro atoms. The number of hydrogen-bond donors (Lipinski definition) is 0. The van der Waals surface area contributed by atoms with Crippen LogP contribution in [0.1, 0.15) is 33.6 Å². The van der Waals surface area contributed by atoms with E-state index in [1.165, 1.54) is 11.8 Å². The number of imide groups is 1. The molecule has 17 heavy (non-hydrogen) atoms. The Hall–Kier alpha value is -1.39. The van der Waals surface area contributed by atoms with Crippen molar-refractivity contribution >= 4 is 17.8 Å². The molecule has 0 bridgehead atoms. The number of hydrogen-bond acceptors (Lipinski definition) is 4. The van der Waals surface area contributed by atoms with Crippen LogP contribution in [0.5, 0.6) is 0 Å². The topological polar surface area (TPSA) is 63.7 Å². The Balaban J connectivity index is 2.38. The molecule has 0 radical (unpaired) electrons. The molecule has 1 heterocycles. The van der Waals surface area contributed by atoms with E-state index in [-0.39, 0.29) is 36.2 Å². The number of ether oxygens (including phenoxy) is 1. The minimum Gasteiger partial charge on any atom is -0.466 e. The van der Waals surface area contributed by atoms with Gasteiger partial charge in [-0.05, 0) is 6.42 Å². The largest absolute Gasteiger partial charge is 0.466 e. The first-order valence-electron chi connectivity index (χ1n) is 5.95. The zero-order valence-electron chi connectivity index (χ0n) is 10.6. The molecule has 2 amide bonds. The van der Waals surface area contributed by atoms with Crippen molar-refractivity contribution < 1.29 is 19.1 Å². The van der Waals surface area contributed by atoms with Gasteiger partial charge in [0.1, 0.15) is 0 Å². The summed E-state index contributed by atoms with van der Waals surface area (Å²) < 4.78 is 4.86. The molecular weight excluding hydrogens is 222 g/mol. The number of esters is 1. The van der Waals surface area contributed by atoms with Gasteiger partial charge in [-0.2, -0.15) is 0 Å². The van der Waals surface area contributed by atoms with Crippen LogP contribution in [0, 0.1) is 11.8 Å². The van der Waals surface area contributed by atoms with Crippen LogP contribution in [-0.2, 0) is 19.1 Å². The first kappa shape index (κ1) is 13.7. The van der Waals surface area contributed by atoms with Crippen molar-refractivity contribution in [3.05, 3.63) is 0 Å². The molecule has 1 saturated heterocycles. The summed E-state index contributed by atoms with van der Waals surface area (Å²) in [5.41, 5.74) is 0. The number of carbonyl (C=O) groups excluding carboxylic acids is 3. The number of carbonyl (C=O) groups is 3. The second-order valence-electron chi connectivity index (χ2n) is 4.48. The highest BCUT2D eigenvalue weighted by Gasteiger charge is 2.43. The molecule has 2 atom stereocenters. The Morgan fingerprint density at radius 2 is 2.18 bits per heavy atom. The summed E-state index contributed by atoms with van der Waals surface area (Å²) in [6.07, 6.45) is 1.16. The smallest absolute Gasteiger partial charge is 0.302 e. The zero-order valence-corrected chi connectivity index (χ0v) is 10.6. The summed E-state index contributed by atoms with van der Waals surface area (Å²) in [5.74, 6) is -0.800. The lowest BCUT2D eigenvalue weighted by Crippen LogP contribution is -2.57. The van der Waals surface area contributed by atoms with Crippen LogP contribution in [0.2, 0.25) is 0 Å². The summed E-state index contributed by atoms with van der Waals surface area (Å²) in [4.78, 5) is 35.2. The predicted molar refractivity (Wildman–Crippen MR) is 60.9 cm³/mol. The Morgan fingerprint density at radius 1 is 1.53 bits per heavy atom. The summed E-state index contributed by atoms with van der Waals surface area (Å²) in [7, 11) is 0. The fourth-order valence-corrected chi connectivity index (χ4v) is 1.81. The molecule has 1 aliphatic rings. The molecular formula is C12H19NO4. The molecule has 5 nitrogen and oxygen atoms in total. The standard InChI is InChI=1S/C12H19NO4/c1-4-5-11(15)13-6-10(12(13)16)8(2)7-17-9(3)14/h8,10H,4-7H2,1-3H3/t8-,10+/m0/s1. The Kier molecular flexibility index (Phi) is 4.66. The van der Waals surface area contributed by atoms with Crippen LogP contribution >= 0.6 is 0 Å². The van der Waals surface area contributed by atoms with Crippen molar-refractivity contribution in [2.45, 2.75) is 33.6 Å². The van der Waals surface area contributed by atoms with Crippen LogP contribution in [0.25, 0.3) is 0 Å². The van der Waals surface area contributed by atoms with Crippen LogP contribution in [-0.4, -0.2) is 35.8 Å². The molecule has 0 N–H and O–H groups in total.